The normalized spacial score (nSPS) is 13.5. The molecule has 1 fully saturated rings. The molecule has 0 radical (unpaired) electrons. The molecule has 2 heterocycles. The number of hydrogen-bond donors (Lipinski definition) is 2. The van der Waals surface area contributed by atoms with Crippen LogP contribution in [0, 0.1) is 3.57 Å². The molecule has 2 aromatic carbocycles. The number of carbonyl (C=O) groups excluding carboxylic acids is 2. The number of urea groups is 1. The van der Waals surface area contributed by atoms with Crippen LogP contribution >= 0.6 is 22.6 Å². The van der Waals surface area contributed by atoms with Crippen molar-refractivity contribution < 1.29 is 14.8 Å². The van der Waals surface area contributed by atoms with Gasteiger partial charge in [-0.1, -0.05) is 18.2 Å². The van der Waals surface area contributed by atoms with Gasteiger partial charge in [0.2, 0.25) is 0 Å². The van der Waals surface area contributed by atoms with E-state index in [-0.39, 0.29) is 6.03 Å². The highest BCUT2D eigenvalue weighted by molar-refractivity contribution is 14.1. The molecule has 1 saturated heterocycles. The molecule has 1 aliphatic rings. The molecular formula is C24H24IN5O3. The van der Waals surface area contributed by atoms with Gasteiger partial charge in [-0.2, -0.15) is 0 Å². The van der Waals surface area contributed by atoms with Gasteiger partial charge in [-0.3, -0.25) is 14.9 Å². The summed E-state index contributed by atoms with van der Waals surface area (Å²) in [5, 5.41) is 8.80. The summed E-state index contributed by atoms with van der Waals surface area (Å²) in [6.45, 7) is 3.06. The van der Waals surface area contributed by atoms with Crippen molar-refractivity contribution in [2.24, 2.45) is 0 Å². The number of nitrogens with one attached hydrogen (secondary N) is 1. The number of piperazine rings is 1. The highest BCUT2D eigenvalue weighted by Gasteiger charge is 2.27. The van der Waals surface area contributed by atoms with Crippen LogP contribution in [0.4, 0.5) is 16.3 Å². The van der Waals surface area contributed by atoms with E-state index in [0.717, 1.165) is 24.3 Å². The van der Waals surface area contributed by atoms with E-state index in [4.69, 9.17) is 5.21 Å². The first-order valence-corrected chi connectivity index (χ1v) is 11.6. The van der Waals surface area contributed by atoms with Crippen molar-refractivity contribution in [2.45, 2.75) is 6.54 Å². The molecule has 0 spiro atoms. The molecular weight excluding hydrogens is 533 g/mol. The summed E-state index contributed by atoms with van der Waals surface area (Å²) in [6.07, 6.45) is 1.67. The average Bonchev–Trinajstić information content (AvgIpc) is 2.88. The van der Waals surface area contributed by atoms with Crippen LogP contribution in [-0.4, -0.2) is 53.2 Å². The van der Waals surface area contributed by atoms with Gasteiger partial charge in [0.05, 0.1) is 6.54 Å². The summed E-state index contributed by atoms with van der Waals surface area (Å²) in [7, 11) is 0. The van der Waals surface area contributed by atoms with Gasteiger partial charge < -0.3 is 9.80 Å². The first-order valence-electron chi connectivity index (χ1n) is 10.6. The molecule has 0 aliphatic carbocycles. The molecule has 0 atom stereocenters. The summed E-state index contributed by atoms with van der Waals surface area (Å²) in [4.78, 5) is 35.3. The van der Waals surface area contributed by atoms with Crippen LogP contribution in [-0.2, 0) is 6.54 Å². The van der Waals surface area contributed by atoms with Crippen LogP contribution in [0.1, 0.15) is 15.9 Å². The lowest BCUT2D eigenvalue weighted by Gasteiger charge is -2.38. The van der Waals surface area contributed by atoms with Gasteiger partial charge in [0.15, 0.2) is 0 Å². The lowest BCUT2D eigenvalue weighted by molar-refractivity contribution is 0.0706. The van der Waals surface area contributed by atoms with E-state index in [1.54, 1.807) is 40.8 Å². The second-order valence-corrected chi connectivity index (χ2v) is 8.89. The Labute approximate surface area is 205 Å². The molecule has 0 bridgehead atoms. The Balaban J connectivity index is 1.47. The molecule has 4 rings (SSSR count). The minimum Gasteiger partial charge on any atom is -0.368 e. The predicted octanol–water partition coefficient (Wildman–Crippen LogP) is 3.75. The average molecular weight is 557 g/mol. The number of amides is 3. The van der Waals surface area contributed by atoms with Gasteiger partial charge in [-0.25, -0.2) is 15.3 Å². The Morgan fingerprint density at radius 2 is 1.67 bits per heavy atom. The van der Waals surface area contributed by atoms with E-state index in [1.807, 2.05) is 23.1 Å². The molecule has 1 aliphatic heterocycles. The zero-order valence-corrected chi connectivity index (χ0v) is 20.1. The summed E-state index contributed by atoms with van der Waals surface area (Å²) in [6, 6.07) is 20.5. The van der Waals surface area contributed by atoms with Crippen molar-refractivity contribution in [3.63, 3.8) is 0 Å². The lowest BCUT2D eigenvalue weighted by atomic mass is 10.1. The van der Waals surface area contributed by atoms with Gasteiger partial charge in [-0.05, 0) is 76.7 Å². The van der Waals surface area contributed by atoms with E-state index < -0.39 is 5.91 Å². The predicted molar refractivity (Wildman–Crippen MR) is 134 cm³/mol. The van der Waals surface area contributed by atoms with Gasteiger partial charge >= 0.3 is 6.03 Å². The highest BCUT2D eigenvalue weighted by atomic mass is 127. The first kappa shape index (κ1) is 23.0. The SMILES string of the molecule is O=C(NO)c1ccc(CN(C(=O)N2CCN(c3ccc(I)cc3)CC2)c2ccccn2)cc1. The molecule has 3 aromatic rings. The molecule has 0 unspecified atom stereocenters. The van der Waals surface area contributed by atoms with Gasteiger partial charge in [-0.15, -0.1) is 0 Å². The maximum Gasteiger partial charge on any atom is 0.326 e. The zero-order chi connectivity index (χ0) is 23.2. The fourth-order valence-corrected chi connectivity index (χ4v) is 4.11. The van der Waals surface area contributed by atoms with Gasteiger partial charge in [0.25, 0.3) is 5.91 Å². The van der Waals surface area contributed by atoms with Crippen LogP contribution in [0.15, 0.2) is 72.9 Å². The number of pyridine rings is 1. The summed E-state index contributed by atoms with van der Waals surface area (Å²) >= 11 is 2.29. The maximum atomic E-state index is 13.5. The van der Waals surface area contributed by atoms with Gasteiger partial charge in [0.1, 0.15) is 5.82 Å². The molecule has 33 heavy (non-hydrogen) atoms. The van der Waals surface area contributed by atoms with E-state index >= 15 is 0 Å². The van der Waals surface area contributed by atoms with Crippen molar-refractivity contribution >= 4 is 46.0 Å². The Kier molecular flexibility index (Phi) is 7.40. The number of benzene rings is 2. The standard InChI is InChI=1S/C24H24IN5O3/c25-20-8-10-21(11-9-20)28-13-15-29(16-14-28)24(32)30(22-3-1-2-12-26-22)17-18-4-6-19(7-5-18)23(31)27-33/h1-12,33H,13-17H2,(H,27,31). The van der Waals surface area contributed by atoms with Crippen LogP contribution in [0.25, 0.3) is 0 Å². The molecule has 2 N–H and O–H groups in total. The smallest absolute Gasteiger partial charge is 0.326 e. The Morgan fingerprint density at radius 3 is 2.27 bits per heavy atom. The van der Waals surface area contributed by atoms with Crippen molar-refractivity contribution in [2.75, 3.05) is 36.0 Å². The fraction of sp³-hybridized carbons (Fsp3) is 0.208. The van der Waals surface area contributed by atoms with Crippen molar-refractivity contribution in [3.8, 4) is 0 Å². The largest absolute Gasteiger partial charge is 0.368 e. The van der Waals surface area contributed by atoms with E-state index in [1.165, 1.54) is 3.57 Å². The van der Waals surface area contributed by atoms with Crippen molar-refractivity contribution in [1.82, 2.24) is 15.4 Å². The molecule has 0 saturated carbocycles. The second-order valence-electron chi connectivity index (χ2n) is 7.65. The number of carbonyl (C=O) groups is 2. The Bertz CT molecular complexity index is 1090. The minimum absolute atomic E-state index is 0.104. The molecule has 9 heteroatoms. The Hall–Kier alpha value is -3.18. The number of halogens is 1. The van der Waals surface area contributed by atoms with E-state index in [9.17, 15) is 9.59 Å². The third-order valence-corrected chi connectivity index (χ3v) is 6.28. The molecule has 3 amide bonds. The third kappa shape index (κ3) is 5.60. The summed E-state index contributed by atoms with van der Waals surface area (Å²) < 4.78 is 1.20. The van der Waals surface area contributed by atoms with E-state index in [2.05, 4.69) is 56.7 Å². The van der Waals surface area contributed by atoms with E-state index in [0.29, 0.717) is 31.0 Å². The number of aromatic nitrogens is 1. The number of anilines is 2. The molecule has 1 aromatic heterocycles. The monoisotopic (exact) mass is 557 g/mol. The number of hydroxylamine groups is 1. The van der Waals surface area contributed by atoms with Crippen molar-refractivity contribution in [1.29, 1.82) is 0 Å². The number of nitrogens with zero attached hydrogens (tertiary/aromatic N) is 4. The molecule has 8 nitrogen and oxygen atoms in total. The zero-order valence-electron chi connectivity index (χ0n) is 17.9. The summed E-state index contributed by atoms with van der Waals surface area (Å²) in [5.41, 5.74) is 3.97. The quantitative estimate of drug-likeness (QED) is 0.284. The van der Waals surface area contributed by atoms with Gasteiger partial charge in [0, 0.05) is 47.2 Å². The third-order valence-electron chi connectivity index (χ3n) is 5.56. The fourth-order valence-electron chi connectivity index (χ4n) is 3.75. The lowest BCUT2D eigenvalue weighted by Crippen LogP contribution is -2.53. The second kappa shape index (κ2) is 10.6. The van der Waals surface area contributed by atoms with Crippen LogP contribution < -0.4 is 15.3 Å². The Morgan fingerprint density at radius 1 is 0.970 bits per heavy atom. The minimum atomic E-state index is -0.579. The number of hydrogen-bond acceptors (Lipinski definition) is 5. The van der Waals surface area contributed by atoms with Crippen LogP contribution in [0.5, 0.6) is 0 Å². The highest BCUT2D eigenvalue weighted by Crippen LogP contribution is 2.21. The van der Waals surface area contributed by atoms with Crippen LogP contribution in [0.3, 0.4) is 0 Å². The topological polar surface area (TPSA) is 89.0 Å². The summed E-state index contributed by atoms with van der Waals surface area (Å²) in [5.74, 6) is -0.00931. The molecule has 170 valence electrons. The van der Waals surface area contributed by atoms with Crippen molar-refractivity contribution in [3.05, 3.63) is 87.6 Å². The first-order chi connectivity index (χ1) is 16.0. The maximum absolute atomic E-state index is 13.5. The number of rotatable bonds is 5. The van der Waals surface area contributed by atoms with Crippen LogP contribution in [0.2, 0.25) is 0 Å².